The molecule has 2 aromatic carbocycles. The minimum Gasteiger partial charge on any atom is -0.352 e. The van der Waals surface area contributed by atoms with E-state index in [1.807, 2.05) is 36.4 Å². The van der Waals surface area contributed by atoms with E-state index in [2.05, 4.69) is 10.3 Å². The maximum absolute atomic E-state index is 13.8. The van der Waals surface area contributed by atoms with Crippen LogP contribution in [0.2, 0.25) is 0 Å². The number of carbonyl (C=O) groups excluding carboxylic acids is 2. The van der Waals surface area contributed by atoms with Crippen LogP contribution in [0.15, 0.2) is 73.1 Å². The highest BCUT2D eigenvalue weighted by molar-refractivity contribution is 5.94. The molecule has 6 heteroatoms. The van der Waals surface area contributed by atoms with Crippen molar-refractivity contribution in [3.05, 3.63) is 101 Å². The summed E-state index contributed by atoms with van der Waals surface area (Å²) < 4.78 is 13.8. The number of benzene rings is 2. The van der Waals surface area contributed by atoms with Crippen LogP contribution in [0.5, 0.6) is 0 Å². The van der Waals surface area contributed by atoms with Gasteiger partial charge in [0.15, 0.2) is 0 Å². The van der Waals surface area contributed by atoms with E-state index in [1.165, 1.54) is 6.07 Å². The first-order valence-corrected chi connectivity index (χ1v) is 10.8. The van der Waals surface area contributed by atoms with Gasteiger partial charge in [-0.3, -0.25) is 14.6 Å². The first-order valence-electron chi connectivity index (χ1n) is 10.8. The maximum atomic E-state index is 13.8. The molecule has 2 amide bonds. The van der Waals surface area contributed by atoms with Crippen LogP contribution in [0.4, 0.5) is 4.39 Å². The highest BCUT2D eigenvalue weighted by Gasteiger charge is 2.35. The Morgan fingerprint density at radius 1 is 1.09 bits per heavy atom. The minimum atomic E-state index is -0.358. The van der Waals surface area contributed by atoms with Crippen molar-refractivity contribution >= 4 is 11.8 Å². The van der Waals surface area contributed by atoms with Gasteiger partial charge in [-0.25, -0.2) is 4.39 Å². The van der Waals surface area contributed by atoms with E-state index in [0.717, 1.165) is 11.1 Å². The average Bonchev–Trinajstić information content (AvgIpc) is 2.84. The van der Waals surface area contributed by atoms with E-state index in [9.17, 15) is 14.0 Å². The van der Waals surface area contributed by atoms with E-state index >= 15 is 0 Å². The Hall–Kier alpha value is -3.54. The summed E-state index contributed by atoms with van der Waals surface area (Å²) in [5.74, 6) is -0.858. The van der Waals surface area contributed by atoms with E-state index in [-0.39, 0.29) is 29.5 Å². The lowest BCUT2D eigenvalue weighted by atomic mass is 9.83. The highest BCUT2D eigenvalue weighted by Crippen LogP contribution is 2.32. The second kappa shape index (κ2) is 9.73. The van der Waals surface area contributed by atoms with Crippen molar-refractivity contribution in [3.63, 3.8) is 0 Å². The number of nitrogens with zero attached hydrogens (tertiary/aromatic N) is 2. The number of hydrogen-bond acceptors (Lipinski definition) is 3. The maximum Gasteiger partial charge on any atom is 0.253 e. The Labute approximate surface area is 187 Å². The Balaban J connectivity index is 1.55. The molecule has 3 aromatic rings. The molecule has 1 aliphatic rings. The molecule has 2 atom stereocenters. The van der Waals surface area contributed by atoms with Gasteiger partial charge in [-0.2, -0.15) is 0 Å². The number of rotatable bonds is 5. The molecule has 1 aliphatic heterocycles. The smallest absolute Gasteiger partial charge is 0.253 e. The van der Waals surface area contributed by atoms with E-state index in [1.54, 1.807) is 42.4 Å². The van der Waals surface area contributed by atoms with Crippen LogP contribution in [-0.2, 0) is 11.3 Å². The van der Waals surface area contributed by atoms with E-state index < -0.39 is 0 Å². The summed E-state index contributed by atoms with van der Waals surface area (Å²) >= 11 is 0. The van der Waals surface area contributed by atoms with Gasteiger partial charge in [-0.1, -0.05) is 36.4 Å². The van der Waals surface area contributed by atoms with Gasteiger partial charge in [0.1, 0.15) is 5.82 Å². The molecule has 1 saturated heterocycles. The summed E-state index contributed by atoms with van der Waals surface area (Å²) in [4.78, 5) is 32.0. The van der Waals surface area contributed by atoms with Crippen LogP contribution in [-0.4, -0.2) is 34.8 Å². The Bertz CT molecular complexity index is 1090. The molecule has 4 rings (SSSR count). The molecule has 1 fully saturated rings. The first kappa shape index (κ1) is 21.7. The summed E-state index contributed by atoms with van der Waals surface area (Å²) in [6.07, 6.45) is 4.01. The van der Waals surface area contributed by atoms with Crippen LogP contribution in [0.3, 0.4) is 0 Å². The summed E-state index contributed by atoms with van der Waals surface area (Å²) in [6, 6.07) is 17.9. The molecule has 32 heavy (non-hydrogen) atoms. The van der Waals surface area contributed by atoms with Gasteiger partial charge in [0.05, 0.1) is 5.92 Å². The minimum absolute atomic E-state index is 0.0511. The lowest BCUT2D eigenvalue weighted by Crippen LogP contribution is -2.48. The van der Waals surface area contributed by atoms with Crippen molar-refractivity contribution < 1.29 is 14.0 Å². The van der Waals surface area contributed by atoms with Crippen molar-refractivity contribution in [1.82, 2.24) is 15.2 Å². The molecule has 5 nitrogen and oxygen atoms in total. The molecule has 0 saturated carbocycles. The molecular formula is C26H26FN3O2. The zero-order valence-corrected chi connectivity index (χ0v) is 18.0. The number of aromatic nitrogens is 1. The second-order valence-electron chi connectivity index (χ2n) is 8.29. The van der Waals surface area contributed by atoms with E-state index in [0.29, 0.717) is 37.2 Å². The Kier molecular flexibility index (Phi) is 6.59. The van der Waals surface area contributed by atoms with Gasteiger partial charge in [-0.05, 0) is 54.3 Å². The average molecular weight is 432 g/mol. The fourth-order valence-corrected chi connectivity index (χ4v) is 4.22. The molecule has 0 spiro atoms. The molecule has 1 N–H and O–H groups in total. The first-order chi connectivity index (χ1) is 15.5. The van der Waals surface area contributed by atoms with Crippen LogP contribution >= 0.6 is 0 Å². The zero-order chi connectivity index (χ0) is 22.5. The molecule has 1 aromatic heterocycles. The number of amides is 2. The van der Waals surface area contributed by atoms with Crippen LogP contribution in [0.25, 0.3) is 0 Å². The summed E-state index contributed by atoms with van der Waals surface area (Å²) in [6.45, 7) is 2.96. The predicted molar refractivity (Wildman–Crippen MR) is 120 cm³/mol. The van der Waals surface area contributed by atoms with Crippen molar-refractivity contribution in [2.24, 2.45) is 5.92 Å². The number of piperidine rings is 1. The molecule has 0 aliphatic carbocycles. The number of likely N-dealkylation sites (tertiary alicyclic amines) is 1. The zero-order valence-electron chi connectivity index (χ0n) is 18.0. The van der Waals surface area contributed by atoms with Crippen LogP contribution in [0, 0.1) is 18.7 Å². The standard InChI is InChI=1S/C26H26FN3O2/c1-18-12-21(9-10-24(18)27)22-13-23(25(31)29-15-19-6-5-11-28-14-19)17-30(16-22)26(32)20-7-3-2-4-8-20/h2-12,14,22-23H,13,15-17H2,1H3,(H,29,31)/t22-,23-/m0/s1. The number of hydrogen-bond donors (Lipinski definition) is 1. The fraction of sp³-hybridized carbons (Fsp3) is 0.269. The SMILES string of the molecule is Cc1cc([C@H]2C[C@H](C(=O)NCc3cccnc3)CN(C(=O)c3ccccc3)C2)ccc1F. The molecule has 0 unspecified atom stereocenters. The van der Waals surface area contributed by atoms with Gasteiger partial charge >= 0.3 is 0 Å². The normalized spacial score (nSPS) is 18.2. The van der Waals surface area contributed by atoms with Crippen molar-refractivity contribution in [1.29, 1.82) is 0 Å². The molecule has 0 bridgehead atoms. The molecule has 0 radical (unpaired) electrons. The topological polar surface area (TPSA) is 62.3 Å². The molecule has 2 heterocycles. The number of aryl methyl sites for hydroxylation is 1. The van der Waals surface area contributed by atoms with Gasteiger partial charge in [-0.15, -0.1) is 0 Å². The number of carbonyl (C=O) groups is 2. The quantitative estimate of drug-likeness (QED) is 0.662. The highest BCUT2D eigenvalue weighted by atomic mass is 19.1. The fourth-order valence-electron chi connectivity index (χ4n) is 4.22. The summed E-state index contributed by atoms with van der Waals surface area (Å²) in [7, 11) is 0. The molecule has 164 valence electrons. The third-order valence-electron chi connectivity index (χ3n) is 5.97. The van der Waals surface area contributed by atoms with Crippen molar-refractivity contribution in [2.45, 2.75) is 25.8 Å². The Morgan fingerprint density at radius 3 is 2.62 bits per heavy atom. The van der Waals surface area contributed by atoms with Gasteiger partial charge in [0.2, 0.25) is 5.91 Å². The van der Waals surface area contributed by atoms with Gasteiger partial charge in [0, 0.05) is 43.5 Å². The Morgan fingerprint density at radius 2 is 1.91 bits per heavy atom. The van der Waals surface area contributed by atoms with E-state index in [4.69, 9.17) is 0 Å². The largest absolute Gasteiger partial charge is 0.352 e. The lowest BCUT2D eigenvalue weighted by molar-refractivity contribution is -0.126. The third-order valence-corrected chi connectivity index (χ3v) is 5.97. The van der Waals surface area contributed by atoms with Crippen LogP contribution < -0.4 is 5.32 Å². The number of halogens is 1. The summed E-state index contributed by atoms with van der Waals surface area (Å²) in [5.41, 5.74) is 3.02. The lowest BCUT2D eigenvalue weighted by Gasteiger charge is -2.37. The van der Waals surface area contributed by atoms with Gasteiger partial charge < -0.3 is 10.2 Å². The predicted octanol–water partition coefficient (Wildman–Crippen LogP) is 4.09. The third kappa shape index (κ3) is 5.02. The van der Waals surface area contributed by atoms with Crippen LogP contribution in [0.1, 0.15) is 39.4 Å². The summed E-state index contributed by atoms with van der Waals surface area (Å²) in [5, 5.41) is 2.98. The second-order valence-corrected chi connectivity index (χ2v) is 8.29. The number of nitrogens with one attached hydrogen (secondary N) is 1. The van der Waals surface area contributed by atoms with Gasteiger partial charge in [0.25, 0.3) is 5.91 Å². The van der Waals surface area contributed by atoms with Crippen molar-refractivity contribution in [2.75, 3.05) is 13.1 Å². The monoisotopic (exact) mass is 431 g/mol. The van der Waals surface area contributed by atoms with Crippen molar-refractivity contribution in [3.8, 4) is 0 Å². The number of pyridine rings is 1. The molecular weight excluding hydrogens is 405 g/mol.